The summed E-state index contributed by atoms with van der Waals surface area (Å²) in [7, 11) is 0.956. The summed E-state index contributed by atoms with van der Waals surface area (Å²) < 4.78 is 67.7. The van der Waals surface area contributed by atoms with Crippen molar-refractivity contribution in [2.24, 2.45) is 0 Å². The van der Waals surface area contributed by atoms with E-state index in [-0.39, 0.29) is 0 Å². The Labute approximate surface area is 111 Å². The summed E-state index contributed by atoms with van der Waals surface area (Å²) in [5, 5.41) is 1.90. The van der Waals surface area contributed by atoms with E-state index in [4.69, 9.17) is 0 Å². The van der Waals surface area contributed by atoms with Crippen molar-refractivity contribution in [1.82, 2.24) is 5.32 Å². The molecule has 1 rings (SSSR count). The van der Waals surface area contributed by atoms with Crippen LogP contribution >= 0.6 is 0 Å². The highest BCUT2D eigenvalue weighted by molar-refractivity contribution is 5.82. The van der Waals surface area contributed by atoms with Crippen LogP contribution in [0, 0.1) is 11.6 Å². The standard InChI is InChI=1S/C12H12F5NO2/c1-11(10(19)20-2,18-6-12(15,16)17)8-4-3-7(13)5-9(8)14/h3-5,18H,6H2,1-2H3. The molecule has 0 fully saturated rings. The maximum absolute atomic E-state index is 13.7. The average molecular weight is 297 g/mol. The van der Waals surface area contributed by atoms with Crippen LogP contribution in [0.25, 0.3) is 0 Å². The van der Waals surface area contributed by atoms with Crippen LogP contribution in [-0.4, -0.2) is 25.8 Å². The number of rotatable bonds is 4. The lowest BCUT2D eigenvalue weighted by Gasteiger charge is -2.29. The molecule has 8 heteroatoms. The summed E-state index contributed by atoms with van der Waals surface area (Å²) in [4.78, 5) is 11.7. The van der Waals surface area contributed by atoms with Gasteiger partial charge in [0.2, 0.25) is 0 Å². The molecule has 0 amide bonds. The van der Waals surface area contributed by atoms with E-state index in [2.05, 4.69) is 4.74 Å². The van der Waals surface area contributed by atoms with Gasteiger partial charge in [0.05, 0.1) is 13.7 Å². The molecule has 1 unspecified atom stereocenters. The minimum Gasteiger partial charge on any atom is -0.467 e. The number of esters is 1. The second kappa shape index (κ2) is 5.74. The summed E-state index contributed by atoms with van der Waals surface area (Å²) >= 11 is 0. The number of halogens is 5. The Hall–Kier alpha value is -1.70. The second-order valence-electron chi connectivity index (χ2n) is 4.21. The van der Waals surface area contributed by atoms with Gasteiger partial charge in [-0.2, -0.15) is 13.2 Å². The molecule has 3 nitrogen and oxygen atoms in total. The number of ether oxygens (including phenoxy) is 1. The molecule has 1 N–H and O–H groups in total. The fraction of sp³-hybridized carbons (Fsp3) is 0.417. The van der Waals surface area contributed by atoms with E-state index in [1.165, 1.54) is 0 Å². The van der Waals surface area contributed by atoms with Gasteiger partial charge in [-0.25, -0.2) is 13.6 Å². The maximum Gasteiger partial charge on any atom is 0.401 e. The molecule has 0 radical (unpaired) electrons. The number of carbonyl (C=O) groups excluding carboxylic acids is 1. The van der Waals surface area contributed by atoms with E-state index < -0.39 is 41.4 Å². The van der Waals surface area contributed by atoms with E-state index in [0.717, 1.165) is 26.2 Å². The summed E-state index contributed by atoms with van der Waals surface area (Å²) in [5.41, 5.74) is -2.52. The Balaban J connectivity index is 3.20. The summed E-state index contributed by atoms with van der Waals surface area (Å²) in [6.45, 7) is -0.504. The molecule has 112 valence electrons. The largest absolute Gasteiger partial charge is 0.467 e. The Kier molecular flexibility index (Phi) is 4.69. The van der Waals surface area contributed by atoms with Crippen LogP contribution in [0.1, 0.15) is 12.5 Å². The highest BCUT2D eigenvalue weighted by Gasteiger charge is 2.41. The van der Waals surface area contributed by atoms with Gasteiger partial charge in [-0.05, 0) is 13.0 Å². The third-order valence-electron chi connectivity index (χ3n) is 2.71. The average Bonchev–Trinajstić information content (AvgIpc) is 2.34. The van der Waals surface area contributed by atoms with Crippen molar-refractivity contribution in [3.05, 3.63) is 35.4 Å². The highest BCUT2D eigenvalue weighted by Crippen LogP contribution is 2.27. The van der Waals surface area contributed by atoms with Gasteiger partial charge in [0.15, 0.2) is 0 Å². The van der Waals surface area contributed by atoms with Crippen molar-refractivity contribution in [1.29, 1.82) is 0 Å². The first-order valence-corrected chi connectivity index (χ1v) is 5.46. The van der Waals surface area contributed by atoms with E-state index in [1.54, 1.807) is 0 Å². The van der Waals surface area contributed by atoms with Crippen molar-refractivity contribution >= 4 is 5.97 Å². The molecule has 20 heavy (non-hydrogen) atoms. The number of hydrogen-bond acceptors (Lipinski definition) is 3. The zero-order chi connectivity index (χ0) is 15.6. The minimum atomic E-state index is -4.61. The molecular formula is C12H12F5NO2. The smallest absolute Gasteiger partial charge is 0.401 e. The van der Waals surface area contributed by atoms with Crippen LogP contribution in [0.15, 0.2) is 18.2 Å². The summed E-state index contributed by atoms with van der Waals surface area (Å²) in [5.74, 6) is -3.17. The lowest BCUT2D eigenvalue weighted by Crippen LogP contribution is -2.51. The van der Waals surface area contributed by atoms with Gasteiger partial charge in [0.1, 0.15) is 17.2 Å². The third kappa shape index (κ3) is 3.66. The first kappa shape index (κ1) is 16.4. The van der Waals surface area contributed by atoms with Gasteiger partial charge in [-0.3, -0.25) is 5.32 Å². The van der Waals surface area contributed by atoms with Crippen molar-refractivity contribution in [3.63, 3.8) is 0 Å². The number of nitrogens with one attached hydrogen (secondary N) is 1. The van der Waals surface area contributed by atoms with Gasteiger partial charge >= 0.3 is 12.1 Å². The fourth-order valence-corrected chi connectivity index (χ4v) is 1.65. The predicted molar refractivity (Wildman–Crippen MR) is 59.8 cm³/mol. The maximum atomic E-state index is 13.7. The topological polar surface area (TPSA) is 38.3 Å². The van der Waals surface area contributed by atoms with Crippen LogP contribution in [0.5, 0.6) is 0 Å². The normalized spacial score (nSPS) is 14.8. The summed E-state index contributed by atoms with van der Waals surface area (Å²) in [6, 6.07) is 2.21. The molecule has 0 bridgehead atoms. The van der Waals surface area contributed by atoms with Crippen LogP contribution < -0.4 is 5.32 Å². The van der Waals surface area contributed by atoms with Crippen LogP contribution in [0.3, 0.4) is 0 Å². The second-order valence-corrected chi connectivity index (χ2v) is 4.21. The Morgan fingerprint density at radius 1 is 1.30 bits per heavy atom. The van der Waals surface area contributed by atoms with Crippen LogP contribution in [-0.2, 0) is 15.1 Å². The number of alkyl halides is 3. The van der Waals surface area contributed by atoms with E-state index in [1.807, 2.05) is 5.32 Å². The van der Waals surface area contributed by atoms with Crippen LogP contribution in [0.4, 0.5) is 22.0 Å². The molecule has 0 aliphatic carbocycles. The quantitative estimate of drug-likeness (QED) is 0.685. The van der Waals surface area contributed by atoms with Crippen molar-refractivity contribution in [2.45, 2.75) is 18.6 Å². The third-order valence-corrected chi connectivity index (χ3v) is 2.71. The lowest BCUT2D eigenvalue weighted by atomic mass is 9.91. The Bertz CT molecular complexity index is 503. The van der Waals surface area contributed by atoms with Gasteiger partial charge in [0, 0.05) is 11.6 Å². The van der Waals surface area contributed by atoms with E-state index >= 15 is 0 Å². The van der Waals surface area contributed by atoms with E-state index in [0.29, 0.717) is 6.07 Å². The minimum absolute atomic E-state index is 0.435. The fourth-order valence-electron chi connectivity index (χ4n) is 1.65. The van der Waals surface area contributed by atoms with Gasteiger partial charge in [0.25, 0.3) is 0 Å². The first-order valence-electron chi connectivity index (χ1n) is 5.46. The molecule has 0 spiro atoms. The number of hydrogen-bond donors (Lipinski definition) is 1. The molecule has 0 saturated carbocycles. The molecule has 1 aromatic rings. The van der Waals surface area contributed by atoms with Gasteiger partial charge in [-0.15, -0.1) is 0 Å². The van der Waals surface area contributed by atoms with E-state index in [9.17, 15) is 26.7 Å². The molecule has 1 atom stereocenters. The number of methoxy groups -OCH3 is 1. The van der Waals surface area contributed by atoms with Crippen molar-refractivity contribution in [3.8, 4) is 0 Å². The Morgan fingerprint density at radius 2 is 1.90 bits per heavy atom. The molecule has 0 saturated heterocycles. The van der Waals surface area contributed by atoms with Crippen molar-refractivity contribution in [2.75, 3.05) is 13.7 Å². The lowest BCUT2D eigenvalue weighted by molar-refractivity contribution is -0.153. The SMILES string of the molecule is COC(=O)C(C)(NCC(F)(F)F)c1ccc(F)cc1F. The molecule has 0 aliphatic heterocycles. The zero-order valence-electron chi connectivity index (χ0n) is 10.6. The first-order chi connectivity index (χ1) is 9.10. The van der Waals surface area contributed by atoms with Gasteiger partial charge < -0.3 is 4.74 Å². The summed E-state index contributed by atoms with van der Waals surface area (Å²) in [6.07, 6.45) is -4.61. The van der Waals surface area contributed by atoms with Crippen molar-refractivity contribution < 1.29 is 31.5 Å². The molecule has 0 aliphatic rings. The number of carbonyl (C=O) groups is 1. The molecule has 0 heterocycles. The van der Waals surface area contributed by atoms with Gasteiger partial charge in [-0.1, -0.05) is 6.07 Å². The molecular weight excluding hydrogens is 285 g/mol. The predicted octanol–water partition coefficient (Wildman–Crippen LogP) is 2.50. The van der Waals surface area contributed by atoms with Crippen LogP contribution in [0.2, 0.25) is 0 Å². The molecule has 1 aromatic carbocycles. The number of benzene rings is 1. The monoisotopic (exact) mass is 297 g/mol. The highest BCUT2D eigenvalue weighted by atomic mass is 19.4. The Morgan fingerprint density at radius 3 is 2.35 bits per heavy atom. The molecule has 0 aromatic heterocycles. The zero-order valence-corrected chi connectivity index (χ0v) is 10.6.